The fraction of sp³-hybridized carbons (Fsp3) is 0.800. The van der Waals surface area contributed by atoms with Crippen LogP contribution in [0.5, 0.6) is 0 Å². The Kier molecular flexibility index (Phi) is 3.19. The average molecular weight is 115 g/mol. The molecule has 0 aromatic heterocycles. The lowest BCUT2D eigenvalue weighted by Gasteiger charge is -2.06. The first kappa shape index (κ1) is 7.43. The quantitative estimate of drug-likeness (QED) is 0.356. The van der Waals surface area contributed by atoms with Crippen molar-refractivity contribution < 1.29 is 0 Å². The molecule has 0 aromatic rings. The van der Waals surface area contributed by atoms with Crippen LogP contribution >= 0.6 is 0 Å². The van der Waals surface area contributed by atoms with Gasteiger partial charge in [-0.05, 0) is 14.0 Å². The van der Waals surface area contributed by atoms with Crippen molar-refractivity contribution in [2.75, 3.05) is 7.05 Å². The first-order valence-electron chi connectivity index (χ1n) is 2.67. The molecular formula is C5H13N3. The summed E-state index contributed by atoms with van der Waals surface area (Å²) in [6.45, 7) is 1.99. The summed E-state index contributed by atoms with van der Waals surface area (Å²) in [5.41, 5.74) is 5.11. The Labute approximate surface area is 49.8 Å². The van der Waals surface area contributed by atoms with Crippen LogP contribution in [0.1, 0.15) is 13.3 Å². The number of hydrogen-bond donors (Lipinski definition) is 3. The third-order valence-electron chi connectivity index (χ3n) is 1.02. The van der Waals surface area contributed by atoms with Gasteiger partial charge in [0.25, 0.3) is 0 Å². The molecule has 3 nitrogen and oxygen atoms in total. The van der Waals surface area contributed by atoms with Crippen molar-refractivity contribution in [1.82, 2.24) is 5.32 Å². The molecule has 0 saturated carbocycles. The van der Waals surface area contributed by atoms with E-state index < -0.39 is 0 Å². The zero-order chi connectivity index (χ0) is 6.57. The van der Waals surface area contributed by atoms with E-state index >= 15 is 0 Å². The van der Waals surface area contributed by atoms with Gasteiger partial charge in [0.15, 0.2) is 0 Å². The molecule has 0 spiro atoms. The molecule has 0 aliphatic rings. The predicted molar refractivity (Wildman–Crippen MR) is 35.1 cm³/mol. The molecule has 0 fully saturated rings. The fourth-order valence-corrected chi connectivity index (χ4v) is 0.432. The third kappa shape index (κ3) is 3.61. The van der Waals surface area contributed by atoms with Crippen LogP contribution < -0.4 is 11.1 Å². The first-order valence-corrected chi connectivity index (χ1v) is 2.67. The molecule has 1 atom stereocenters. The molecule has 4 N–H and O–H groups in total. The minimum Gasteiger partial charge on any atom is -0.388 e. The minimum absolute atomic E-state index is 0.242. The minimum atomic E-state index is 0.242. The van der Waals surface area contributed by atoms with Gasteiger partial charge in [0.05, 0.1) is 5.84 Å². The van der Waals surface area contributed by atoms with Crippen molar-refractivity contribution in [3.63, 3.8) is 0 Å². The second-order valence-corrected chi connectivity index (χ2v) is 1.92. The molecule has 0 saturated heterocycles. The Morgan fingerprint density at radius 2 is 2.38 bits per heavy atom. The van der Waals surface area contributed by atoms with Crippen LogP contribution in [-0.4, -0.2) is 18.9 Å². The lowest BCUT2D eigenvalue weighted by Crippen LogP contribution is -2.27. The van der Waals surface area contributed by atoms with Gasteiger partial charge in [-0.2, -0.15) is 0 Å². The van der Waals surface area contributed by atoms with Gasteiger partial charge < -0.3 is 11.1 Å². The molecule has 0 aliphatic carbocycles. The molecule has 0 bridgehead atoms. The molecule has 0 aromatic carbocycles. The largest absolute Gasteiger partial charge is 0.388 e. The van der Waals surface area contributed by atoms with Gasteiger partial charge in [0.2, 0.25) is 0 Å². The van der Waals surface area contributed by atoms with E-state index in [2.05, 4.69) is 5.32 Å². The van der Waals surface area contributed by atoms with E-state index in [1.54, 1.807) is 0 Å². The summed E-state index contributed by atoms with van der Waals surface area (Å²) in [4.78, 5) is 0. The van der Waals surface area contributed by atoms with Crippen LogP contribution in [0.25, 0.3) is 0 Å². The van der Waals surface area contributed by atoms with E-state index in [0.29, 0.717) is 12.5 Å². The first-order chi connectivity index (χ1) is 3.66. The Bertz CT molecular complexity index is 79.7. The smallest absolute Gasteiger partial charge is 0.0920 e. The van der Waals surface area contributed by atoms with Gasteiger partial charge in [0.1, 0.15) is 0 Å². The van der Waals surface area contributed by atoms with Gasteiger partial charge in [-0.1, -0.05) is 0 Å². The Balaban J connectivity index is 3.24. The number of nitrogens with two attached hydrogens (primary N) is 1. The van der Waals surface area contributed by atoms with Crippen LogP contribution in [0.15, 0.2) is 0 Å². The third-order valence-corrected chi connectivity index (χ3v) is 1.02. The van der Waals surface area contributed by atoms with Crippen molar-refractivity contribution in [3.8, 4) is 0 Å². The topological polar surface area (TPSA) is 61.9 Å². The van der Waals surface area contributed by atoms with E-state index in [9.17, 15) is 0 Å². The van der Waals surface area contributed by atoms with Gasteiger partial charge in [-0.15, -0.1) is 0 Å². The van der Waals surface area contributed by atoms with Gasteiger partial charge in [-0.25, -0.2) is 0 Å². The predicted octanol–water partition coefficient (Wildman–Crippen LogP) is -0.0796. The van der Waals surface area contributed by atoms with Crippen LogP contribution in [0.2, 0.25) is 0 Å². The molecule has 48 valence electrons. The molecule has 0 heterocycles. The second-order valence-electron chi connectivity index (χ2n) is 1.92. The number of hydrogen-bond acceptors (Lipinski definition) is 2. The lowest BCUT2D eigenvalue weighted by molar-refractivity contribution is 0.630. The van der Waals surface area contributed by atoms with Crippen LogP contribution in [0.3, 0.4) is 0 Å². The molecular weight excluding hydrogens is 102 g/mol. The average Bonchev–Trinajstić information content (AvgIpc) is 1.65. The van der Waals surface area contributed by atoms with Crippen molar-refractivity contribution in [3.05, 3.63) is 0 Å². The SMILES string of the molecule is CNC(C)CC(=N)N. The Hall–Kier alpha value is -0.570. The summed E-state index contributed by atoms with van der Waals surface area (Å²) in [6, 6.07) is 0.326. The van der Waals surface area contributed by atoms with Gasteiger partial charge >= 0.3 is 0 Å². The zero-order valence-electron chi connectivity index (χ0n) is 5.36. The van der Waals surface area contributed by atoms with Gasteiger partial charge in [0, 0.05) is 12.5 Å². The summed E-state index contributed by atoms with van der Waals surface area (Å²) in [5, 5.41) is 9.84. The number of nitrogens with one attached hydrogen (secondary N) is 2. The van der Waals surface area contributed by atoms with Crippen LogP contribution in [-0.2, 0) is 0 Å². The van der Waals surface area contributed by atoms with E-state index in [0.717, 1.165) is 0 Å². The van der Waals surface area contributed by atoms with E-state index in [1.807, 2.05) is 14.0 Å². The maximum absolute atomic E-state index is 6.87. The maximum Gasteiger partial charge on any atom is 0.0920 e. The van der Waals surface area contributed by atoms with Crippen molar-refractivity contribution in [2.24, 2.45) is 5.73 Å². The van der Waals surface area contributed by atoms with Crippen LogP contribution in [0, 0.1) is 5.41 Å². The highest BCUT2D eigenvalue weighted by molar-refractivity contribution is 5.77. The Morgan fingerprint density at radius 1 is 1.88 bits per heavy atom. The number of rotatable bonds is 3. The zero-order valence-corrected chi connectivity index (χ0v) is 5.36. The second kappa shape index (κ2) is 3.43. The lowest BCUT2D eigenvalue weighted by atomic mass is 10.2. The van der Waals surface area contributed by atoms with E-state index in [1.165, 1.54) is 0 Å². The highest BCUT2D eigenvalue weighted by atomic mass is 14.9. The van der Waals surface area contributed by atoms with Crippen molar-refractivity contribution in [2.45, 2.75) is 19.4 Å². The highest BCUT2D eigenvalue weighted by Crippen LogP contribution is 1.85. The van der Waals surface area contributed by atoms with E-state index in [-0.39, 0.29) is 5.84 Å². The molecule has 0 radical (unpaired) electrons. The fourth-order valence-electron chi connectivity index (χ4n) is 0.432. The van der Waals surface area contributed by atoms with Gasteiger partial charge in [-0.3, -0.25) is 5.41 Å². The number of amidine groups is 1. The standard InChI is InChI=1S/C5H13N3/c1-4(8-2)3-5(6)7/h4,8H,3H2,1-2H3,(H3,6,7). The molecule has 3 heteroatoms. The molecule has 8 heavy (non-hydrogen) atoms. The molecule has 0 aliphatic heterocycles. The normalized spacial score (nSPS) is 13.2. The molecule has 0 rings (SSSR count). The summed E-state index contributed by atoms with van der Waals surface area (Å²) < 4.78 is 0. The van der Waals surface area contributed by atoms with E-state index in [4.69, 9.17) is 11.1 Å². The highest BCUT2D eigenvalue weighted by Gasteiger charge is 1.97. The van der Waals surface area contributed by atoms with Crippen molar-refractivity contribution in [1.29, 1.82) is 5.41 Å². The maximum atomic E-state index is 6.87. The van der Waals surface area contributed by atoms with Crippen LogP contribution in [0.4, 0.5) is 0 Å². The molecule has 1 unspecified atom stereocenters. The summed E-state index contributed by atoms with van der Waals surface area (Å²) in [5.74, 6) is 0.242. The summed E-state index contributed by atoms with van der Waals surface area (Å²) in [7, 11) is 1.85. The molecule has 0 amide bonds. The van der Waals surface area contributed by atoms with Crippen molar-refractivity contribution >= 4 is 5.84 Å². The monoisotopic (exact) mass is 115 g/mol. The summed E-state index contributed by atoms with van der Waals surface area (Å²) in [6.07, 6.45) is 0.635. The summed E-state index contributed by atoms with van der Waals surface area (Å²) >= 11 is 0. The Morgan fingerprint density at radius 3 is 2.50 bits per heavy atom.